The van der Waals surface area contributed by atoms with Crippen LogP contribution in [0.15, 0.2) is 6.20 Å². The van der Waals surface area contributed by atoms with Crippen LogP contribution in [-0.2, 0) is 4.79 Å². The van der Waals surface area contributed by atoms with E-state index in [4.69, 9.17) is 17.3 Å². The number of aliphatic hydroxyl groups excluding tert-OH is 2. The SMILES string of the molecule is CC(=O)SCC(O)C(O)c1nc(Cl)cnc1N. The second kappa shape index (κ2) is 6.15. The van der Waals surface area contributed by atoms with Crippen molar-refractivity contribution in [3.8, 4) is 0 Å². The minimum absolute atomic E-state index is 0.00576. The van der Waals surface area contributed by atoms with Crippen molar-refractivity contribution < 1.29 is 15.0 Å². The zero-order valence-corrected chi connectivity index (χ0v) is 10.6. The fraction of sp³-hybridized carbons (Fsp3) is 0.444. The molecule has 2 atom stereocenters. The Hall–Kier alpha value is -0.890. The van der Waals surface area contributed by atoms with Gasteiger partial charge in [-0.3, -0.25) is 4.79 Å². The highest BCUT2D eigenvalue weighted by molar-refractivity contribution is 8.13. The summed E-state index contributed by atoms with van der Waals surface area (Å²) >= 11 is 6.51. The number of thioether (sulfide) groups is 1. The molecule has 0 saturated heterocycles. The van der Waals surface area contributed by atoms with Gasteiger partial charge in [0.2, 0.25) is 0 Å². The van der Waals surface area contributed by atoms with E-state index in [-0.39, 0.29) is 27.5 Å². The smallest absolute Gasteiger partial charge is 0.185 e. The molecule has 0 aliphatic carbocycles. The lowest BCUT2D eigenvalue weighted by Gasteiger charge is -2.17. The van der Waals surface area contributed by atoms with Crippen LogP contribution in [0.4, 0.5) is 5.82 Å². The van der Waals surface area contributed by atoms with E-state index in [1.165, 1.54) is 13.1 Å². The molecular weight excluding hydrogens is 266 g/mol. The van der Waals surface area contributed by atoms with Crippen molar-refractivity contribution in [2.75, 3.05) is 11.5 Å². The lowest BCUT2D eigenvalue weighted by Crippen LogP contribution is -2.23. The predicted octanol–water partition coefficient (Wildman–Crippen LogP) is 0.386. The van der Waals surface area contributed by atoms with Gasteiger partial charge < -0.3 is 15.9 Å². The number of carbonyl (C=O) groups excluding carboxylic acids is 1. The molecule has 0 amide bonds. The van der Waals surface area contributed by atoms with Gasteiger partial charge in [0, 0.05) is 12.7 Å². The Morgan fingerprint density at radius 1 is 1.65 bits per heavy atom. The normalized spacial score (nSPS) is 14.4. The fourth-order valence-electron chi connectivity index (χ4n) is 1.08. The van der Waals surface area contributed by atoms with Gasteiger partial charge in [0.05, 0.1) is 12.3 Å². The fourth-order valence-corrected chi connectivity index (χ4v) is 1.81. The minimum Gasteiger partial charge on any atom is -0.389 e. The molecule has 0 saturated carbocycles. The molecule has 2 unspecified atom stereocenters. The average molecular weight is 278 g/mol. The van der Waals surface area contributed by atoms with Crippen LogP contribution in [0.25, 0.3) is 0 Å². The third kappa shape index (κ3) is 4.12. The van der Waals surface area contributed by atoms with E-state index < -0.39 is 12.2 Å². The van der Waals surface area contributed by atoms with Crippen molar-refractivity contribution in [3.63, 3.8) is 0 Å². The van der Waals surface area contributed by atoms with Crippen LogP contribution < -0.4 is 5.73 Å². The van der Waals surface area contributed by atoms with Gasteiger partial charge in [-0.15, -0.1) is 0 Å². The van der Waals surface area contributed by atoms with Gasteiger partial charge in [0.15, 0.2) is 5.12 Å². The van der Waals surface area contributed by atoms with E-state index >= 15 is 0 Å². The van der Waals surface area contributed by atoms with Crippen molar-refractivity contribution in [1.82, 2.24) is 9.97 Å². The van der Waals surface area contributed by atoms with E-state index in [0.717, 1.165) is 11.8 Å². The van der Waals surface area contributed by atoms with Gasteiger partial charge in [-0.05, 0) is 0 Å². The molecule has 94 valence electrons. The monoisotopic (exact) mass is 277 g/mol. The number of nitrogen functional groups attached to an aromatic ring is 1. The molecule has 0 radical (unpaired) electrons. The van der Waals surface area contributed by atoms with Gasteiger partial charge in [-0.2, -0.15) is 0 Å². The van der Waals surface area contributed by atoms with Gasteiger partial charge in [0.25, 0.3) is 0 Å². The number of nitrogens with two attached hydrogens (primary N) is 1. The average Bonchev–Trinajstić information content (AvgIpc) is 2.28. The number of aromatic nitrogens is 2. The summed E-state index contributed by atoms with van der Waals surface area (Å²) in [7, 11) is 0. The number of rotatable bonds is 4. The molecule has 0 aromatic carbocycles. The quantitative estimate of drug-likeness (QED) is 0.730. The highest BCUT2D eigenvalue weighted by atomic mass is 35.5. The molecule has 0 spiro atoms. The Bertz CT molecular complexity index is 418. The van der Waals surface area contributed by atoms with E-state index in [2.05, 4.69) is 9.97 Å². The summed E-state index contributed by atoms with van der Waals surface area (Å²) in [4.78, 5) is 18.2. The molecular formula is C9H12ClN3O3S. The first-order valence-electron chi connectivity index (χ1n) is 4.69. The lowest BCUT2D eigenvalue weighted by molar-refractivity contribution is -0.109. The number of anilines is 1. The molecule has 0 bridgehead atoms. The van der Waals surface area contributed by atoms with Gasteiger partial charge in [-0.1, -0.05) is 23.4 Å². The third-order valence-corrected chi connectivity index (χ3v) is 3.00. The molecule has 1 heterocycles. The third-order valence-electron chi connectivity index (χ3n) is 1.90. The highest BCUT2D eigenvalue weighted by Gasteiger charge is 2.23. The molecule has 0 aliphatic heterocycles. The maximum absolute atomic E-state index is 10.7. The van der Waals surface area contributed by atoms with Crippen LogP contribution in [0, 0.1) is 0 Å². The maximum atomic E-state index is 10.7. The van der Waals surface area contributed by atoms with Gasteiger partial charge >= 0.3 is 0 Å². The summed E-state index contributed by atoms with van der Waals surface area (Å²) in [6, 6.07) is 0. The molecule has 1 rings (SSSR count). The second-order valence-electron chi connectivity index (χ2n) is 3.28. The summed E-state index contributed by atoms with van der Waals surface area (Å²) in [6.07, 6.45) is -1.25. The number of aliphatic hydroxyl groups is 2. The number of carbonyl (C=O) groups is 1. The Kier molecular flexibility index (Phi) is 5.13. The lowest BCUT2D eigenvalue weighted by atomic mass is 10.1. The topological polar surface area (TPSA) is 109 Å². The molecule has 1 aromatic rings. The van der Waals surface area contributed by atoms with Crippen LogP contribution in [-0.4, -0.2) is 37.2 Å². The molecule has 6 nitrogen and oxygen atoms in total. The number of hydrogen-bond donors (Lipinski definition) is 3. The maximum Gasteiger partial charge on any atom is 0.185 e. The summed E-state index contributed by atoms with van der Waals surface area (Å²) in [5.41, 5.74) is 5.52. The van der Waals surface area contributed by atoms with Gasteiger partial charge in [-0.25, -0.2) is 9.97 Å². The Labute approximate surface area is 107 Å². The van der Waals surface area contributed by atoms with E-state index in [9.17, 15) is 15.0 Å². The van der Waals surface area contributed by atoms with Crippen molar-refractivity contribution >= 4 is 34.3 Å². The first-order valence-corrected chi connectivity index (χ1v) is 6.05. The summed E-state index contributed by atoms with van der Waals surface area (Å²) in [6.45, 7) is 1.37. The summed E-state index contributed by atoms with van der Waals surface area (Å²) in [5, 5.41) is 19.4. The van der Waals surface area contributed by atoms with Crippen molar-refractivity contribution in [1.29, 1.82) is 0 Å². The molecule has 0 fully saturated rings. The van der Waals surface area contributed by atoms with Crippen LogP contribution >= 0.6 is 23.4 Å². The minimum atomic E-state index is -1.33. The Morgan fingerprint density at radius 3 is 2.88 bits per heavy atom. The summed E-state index contributed by atoms with van der Waals surface area (Å²) < 4.78 is 0. The largest absolute Gasteiger partial charge is 0.389 e. The van der Waals surface area contributed by atoms with E-state index in [1.54, 1.807) is 0 Å². The highest BCUT2D eigenvalue weighted by Crippen LogP contribution is 2.23. The van der Waals surface area contributed by atoms with Crippen LogP contribution in [0.3, 0.4) is 0 Å². The number of hydrogen-bond acceptors (Lipinski definition) is 7. The molecule has 8 heteroatoms. The molecule has 0 aliphatic rings. The van der Waals surface area contributed by atoms with Crippen LogP contribution in [0.5, 0.6) is 0 Å². The second-order valence-corrected chi connectivity index (χ2v) is 4.86. The zero-order valence-electron chi connectivity index (χ0n) is 9.00. The standard InChI is InChI=1S/C9H12ClN3O3S/c1-4(14)17-3-5(15)8(16)7-9(11)12-2-6(10)13-7/h2,5,8,15-16H,3H2,1H3,(H2,11,12). The predicted molar refractivity (Wildman–Crippen MR) is 65.6 cm³/mol. The zero-order chi connectivity index (χ0) is 13.0. The summed E-state index contributed by atoms with van der Waals surface area (Å²) in [5.74, 6) is 0.0400. The molecule has 1 aromatic heterocycles. The first kappa shape index (κ1) is 14.2. The first-order chi connectivity index (χ1) is 7.91. The van der Waals surface area contributed by atoms with Gasteiger partial charge in [0.1, 0.15) is 22.8 Å². The van der Waals surface area contributed by atoms with Crippen molar-refractivity contribution in [3.05, 3.63) is 17.0 Å². The molecule has 4 N–H and O–H groups in total. The van der Waals surface area contributed by atoms with Crippen LogP contribution in [0.1, 0.15) is 18.7 Å². The molecule has 17 heavy (non-hydrogen) atoms. The van der Waals surface area contributed by atoms with E-state index in [0.29, 0.717) is 0 Å². The Balaban J connectivity index is 2.77. The van der Waals surface area contributed by atoms with E-state index in [1.807, 2.05) is 0 Å². The Morgan fingerprint density at radius 2 is 2.29 bits per heavy atom. The number of halogens is 1. The van der Waals surface area contributed by atoms with Crippen molar-refractivity contribution in [2.24, 2.45) is 0 Å². The van der Waals surface area contributed by atoms with Crippen LogP contribution in [0.2, 0.25) is 5.15 Å². The number of nitrogens with zero attached hydrogens (tertiary/aromatic N) is 2. The van der Waals surface area contributed by atoms with Crippen molar-refractivity contribution in [2.45, 2.75) is 19.1 Å².